The summed E-state index contributed by atoms with van der Waals surface area (Å²) in [5.41, 5.74) is 11.8. The van der Waals surface area contributed by atoms with E-state index >= 15 is 0 Å². The summed E-state index contributed by atoms with van der Waals surface area (Å²) in [4.78, 5) is 19.3. The smallest absolute Gasteiger partial charge is 0.265 e. The van der Waals surface area contributed by atoms with Gasteiger partial charge in [-0.05, 0) is 31.6 Å². The molecule has 0 radical (unpaired) electrons. The van der Waals surface area contributed by atoms with E-state index in [4.69, 9.17) is 11.5 Å². The van der Waals surface area contributed by atoms with E-state index in [0.29, 0.717) is 22.7 Å². The van der Waals surface area contributed by atoms with Gasteiger partial charge in [0.25, 0.3) is 5.91 Å². The van der Waals surface area contributed by atoms with Crippen molar-refractivity contribution in [1.29, 1.82) is 0 Å². The molecular formula is C14H23N5OS. The van der Waals surface area contributed by atoms with Crippen LogP contribution in [0.2, 0.25) is 0 Å². The molecule has 7 heteroatoms. The fourth-order valence-electron chi connectivity index (χ4n) is 2.98. The Morgan fingerprint density at radius 1 is 1.38 bits per heavy atom. The Bertz CT molecular complexity index is 517. The first-order chi connectivity index (χ1) is 10.0. The van der Waals surface area contributed by atoms with Crippen molar-refractivity contribution in [2.45, 2.75) is 44.7 Å². The maximum atomic E-state index is 12.3. The largest absolute Gasteiger partial charge is 0.382 e. The van der Waals surface area contributed by atoms with Gasteiger partial charge in [0.1, 0.15) is 10.7 Å². The SMILES string of the molecule is CC1CC(NC(=O)c2sc(N3CCC(N)CC3)nc2N)C1. The number of carbonyl (C=O) groups excluding carboxylic acids is 1. The zero-order valence-electron chi connectivity index (χ0n) is 12.3. The van der Waals surface area contributed by atoms with Crippen molar-refractivity contribution in [3.8, 4) is 0 Å². The Morgan fingerprint density at radius 2 is 2.05 bits per heavy atom. The first-order valence-electron chi connectivity index (χ1n) is 7.60. The molecule has 1 aliphatic carbocycles. The Morgan fingerprint density at radius 3 is 2.67 bits per heavy atom. The number of nitrogens with zero attached hydrogens (tertiary/aromatic N) is 2. The standard InChI is InChI=1S/C14H23N5OS/c1-8-6-10(7-8)17-13(20)11-12(16)18-14(21-11)19-4-2-9(15)3-5-19/h8-10H,2-7,15-16H2,1H3,(H,17,20). The lowest BCUT2D eigenvalue weighted by molar-refractivity contribution is 0.0901. The van der Waals surface area contributed by atoms with Gasteiger partial charge in [-0.15, -0.1) is 0 Å². The molecule has 3 rings (SSSR count). The number of thiazole rings is 1. The quantitative estimate of drug-likeness (QED) is 0.779. The van der Waals surface area contributed by atoms with Crippen LogP contribution in [0.5, 0.6) is 0 Å². The summed E-state index contributed by atoms with van der Waals surface area (Å²) in [5, 5.41) is 3.88. The van der Waals surface area contributed by atoms with Gasteiger partial charge < -0.3 is 21.7 Å². The fourth-order valence-corrected chi connectivity index (χ4v) is 3.92. The minimum Gasteiger partial charge on any atom is -0.382 e. The van der Waals surface area contributed by atoms with Crippen LogP contribution in [0, 0.1) is 5.92 Å². The average Bonchev–Trinajstić information content (AvgIpc) is 2.80. The molecule has 1 saturated carbocycles. The zero-order chi connectivity index (χ0) is 15.0. The molecule has 2 fully saturated rings. The third-order valence-corrected chi connectivity index (χ3v) is 5.50. The molecule has 0 aromatic carbocycles. The molecule has 21 heavy (non-hydrogen) atoms. The molecule has 1 saturated heterocycles. The molecule has 116 valence electrons. The number of nitrogen functional groups attached to an aromatic ring is 1. The number of piperidine rings is 1. The molecule has 0 unspecified atom stereocenters. The Kier molecular flexibility index (Phi) is 4.03. The van der Waals surface area contributed by atoms with Gasteiger partial charge in [-0.3, -0.25) is 4.79 Å². The number of anilines is 2. The average molecular weight is 309 g/mol. The monoisotopic (exact) mass is 309 g/mol. The van der Waals surface area contributed by atoms with Gasteiger partial charge in [-0.25, -0.2) is 4.98 Å². The second-order valence-electron chi connectivity index (χ2n) is 6.28. The van der Waals surface area contributed by atoms with E-state index in [1.54, 1.807) is 0 Å². The summed E-state index contributed by atoms with van der Waals surface area (Å²) in [7, 11) is 0. The number of hydrogen-bond acceptors (Lipinski definition) is 6. The first kappa shape index (κ1) is 14.6. The van der Waals surface area contributed by atoms with Crippen molar-refractivity contribution < 1.29 is 4.79 Å². The number of nitrogens with one attached hydrogen (secondary N) is 1. The summed E-state index contributed by atoms with van der Waals surface area (Å²) in [6.45, 7) is 3.97. The summed E-state index contributed by atoms with van der Waals surface area (Å²) < 4.78 is 0. The van der Waals surface area contributed by atoms with Gasteiger partial charge >= 0.3 is 0 Å². The van der Waals surface area contributed by atoms with Crippen molar-refractivity contribution >= 4 is 28.2 Å². The van der Waals surface area contributed by atoms with E-state index in [9.17, 15) is 4.79 Å². The molecule has 1 aromatic rings. The lowest BCUT2D eigenvalue weighted by Gasteiger charge is -2.33. The summed E-state index contributed by atoms with van der Waals surface area (Å²) in [6, 6.07) is 0.576. The van der Waals surface area contributed by atoms with Crippen molar-refractivity contribution in [2.24, 2.45) is 11.7 Å². The lowest BCUT2D eigenvalue weighted by Crippen LogP contribution is -2.43. The van der Waals surface area contributed by atoms with Gasteiger partial charge in [0, 0.05) is 25.2 Å². The molecule has 1 aromatic heterocycles. The summed E-state index contributed by atoms with van der Waals surface area (Å²) in [5.74, 6) is 0.971. The minimum atomic E-state index is -0.0816. The van der Waals surface area contributed by atoms with Crippen LogP contribution in [-0.2, 0) is 0 Å². The molecule has 0 spiro atoms. The Balaban J connectivity index is 1.65. The van der Waals surface area contributed by atoms with E-state index < -0.39 is 0 Å². The molecule has 0 atom stereocenters. The second-order valence-corrected chi connectivity index (χ2v) is 7.26. The van der Waals surface area contributed by atoms with Crippen molar-refractivity contribution in [1.82, 2.24) is 10.3 Å². The number of nitrogens with two attached hydrogens (primary N) is 2. The third-order valence-electron chi connectivity index (χ3n) is 4.37. The molecule has 5 N–H and O–H groups in total. The number of rotatable bonds is 3. The van der Waals surface area contributed by atoms with Crippen LogP contribution in [0.4, 0.5) is 10.9 Å². The van der Waals surface area contributed by atoms with Gasteiger partial charge in [-0.2, -0.15) is 0 Å². The van der Waals surface area contributed by atoms with E-state index in [1.165, 1.54) is 11.3 Å². The third kappa shape index (κ3) is 3.13. The Labute approximate surface area is 128 Å². The highest BCUT2D eigenvalue weighted by molar-refractivity contribution is 7.18. The van der Waals surface area contributed by atoms with Gasteiger partial charge in [-0.1, -0.05) is 18.3 Å². The molecular weight excluding hydrogens is 286 g/mol. The molecule has 0 bridgehead atoms. The molecule has 1 amide bonds. The van der Waals surface area contributed by atoms with Crippen molar-refractivity contribution in [3.05, 3.63) is 4.88 Å². The van der Waals surface area contributed by atoms with Crippen LogP contribution in [0.1, 0.15) is 42.3 Å². The highest BCUT2D eigenvalue weighted by Crippen LogP contribution is 2.31. The highest BCUT2D eigenvalue weighted by atomic mass is 32.1. The van der Waals surface area contributed by atoms with E-state index in [1.807, 2.05) is 0 Å². The van der Waals surface area contributed by atoms with Gasteiger partial charge in [0.15, 0.2) is 5.13 Å². The first-order valence-corrected chi connectivity index (χ1v) is 8.42. The number of carbonyl (C=O) groups is 1. The van der Waals surface area contributed by atoms with Crippen LogP contribution in [0.25, 0.3) is 0 Å². The Hall–Kier alpha value is -1.34. The maximum absolute atomic E-state index is 12.3. The number of aromatic nitrogens is 1. The number of hydrogen-bond donors (Lipinski definition) is 3. The second kappa shape index (κ2) is 5.81. The highest BCUT2D eigenvalue weighted by Gasteiger charge is 2.29. The molecule has 1 aliphatic heterocycles. The van der Waals surface area contributed by atoms with Crippen LogP contribution >= 0.6 is 11.3 Å². The predicted octanol–water partition coefficient (Wildman–Crippen LogP) is 1.18. The summed E-state index contributed by atoms with van der Waals surface area (Å²) >= 11 is 1.39. The van der Waals surface area contributed by atoms with Gasteiger partial charge in [0.05, 0.1) is 0 Å². The fraction of sp³-hybridized carbons (Fsp3) is 0.714. The van der Waals surface area contributed by atoms with Crippen molar-refractivity contribution in [2.75, 3.05) is 23.7 Å². The lowest BCUT2D eigenvalue weighted by atomic mass is 9.82. The van der Waals surface area contributed by atoms with Crippen LogP contribution in [0.15, 0.2) is 0 Å². The topological polar surface area (TPSA) is 97.3 Å². The van der Waals surface area contributed by atoms with Crippen molar-refractivity contribution in [3.63, 3.8) is 0 Å². The normalized spacial score (nSPS) is 26.5. The molecule has 2 heterocycles. The number of amides is 1. The van der Waals surface area contributed by atoms with E-state index in [-0.39, 0.29) is 11.9 Å². The van der Waals surface area contributed by atoms with Crippen LogP contribution < -0.4 is 21.7 Å². The summed E-state index contributed by atoms with van der Waals surface area (Å²) in [6.07, 6.45) is 4.03. The van der Waals surface area contributed by atoms with E-state index in [0.717, 1.165) is 43.9 Å². The predicted molar refractivity (Wildman–Crippen MR) is 85.6 cm³/mol. The molecule has 2 aliphatic rings. The maximum Gasteiger partial charge on any atom is 0.265 e. The molecule has 6 nitrogen and oxygen atoms in total. The van der Waals surface area contributed by atoms with Gasteiger partial charge in [0.2, 0.25) is 0 Å². The van der Waals surface area contributed by atoms with Crippen LogP contribution in [-0.4, -0.2) is 36.1 Å². The van der Waals surface area contributed by atoms with E-state index in [2.05, 4.69) is 22.1 Å². The zero-order valence-corrected chi connectivity index (χ0v) is 13.2. The minimum absolute atomic E-state index is 0.0816. The van der Waals surface area contributed by atoms with Crippen LogP contribution in [0.3, 0.4) is 0 Å².